The largest absolute Gasteiger partial charge is 0.508 e. The van der Waals surface area contributed by atoms with Crippen LogP contribution in [0.15, 0.2) is 0 Å². The van der Waals surface area contributed by atoms with E-state index < -0.39 is 16.3 Å². The van der Waals surface area contributed by atoms with Gasteiger partial charge in [0.05, 0.1) is 0 Å². The summed E-state index contributed by atoms with van der Waals surface area (Å²) in [5.74, 6) is 0. The zero-order chi connectivity index (χ0) is 7.78. The Kier molecular flexibility index (Phi) is 1.51. The van der Waals surface area contributed by atoms with Gasteiger partial charge < -0.3 is 0 Å². The summed E-state index contributed by atoms with van der Waals surface area (Å²) in [7, 11) is 0. The molecular weight excluding hydrogens is 172 g/mol. The predicted octanol–water partition coefficient (Wildman–Crippen LogP) is 0.803. The highest BCUT2D eigenvalue weighted by Crippen LogP contribution is 2.22. The second-order valence-corrected chi connectivity index (χ2v) is 1.67. The highest BCUT2D eigenvalue weighted by Gasteiger charge is 2.35. The minimum absolute atomic E-state index is 0.436. The molecule has 10 heavy (non-hydrogen) atoms. The Labute approximate surface area is 57.6 Å². The van der Waals surface area contributed by atoms with Crippen molar-refractivity contribution in [1.82, 2.24) is 20.2 Å². The molecule has 56 valence electrons. The SMILES string of the molecule is FC(F)(F)n1nnnc1Cl. The first kappa shape index (κ1) is 7.26. The summed E-state index contributed by atoms with van der Waals surface area (Å²) < 4.78 is 34.4. The molecular formula is C2ClF3N4. The van der Waals surface area contributed by atoms with E-state index in [1.807, 2.05) is 0 Å². The van der Waals surface area contributed by atoms with Crippen LogP contribution in [0.5, 0.6) is 0 Å². The van der Waals surface area contributed by atoms with Gasteiger partial charge in [0.1, 0.15) is 0 Å². The van der Waals surface area contributed by atoms with Crippen molar-refractivity contribution in [2.75, 3.05) is 0 Å². The zero-order valence-electron chi connectivity index (χ0n) is 4.30. The monoisotopic (exact) mass is 172 g/mol. The molecule has 0 aromatic carbocycles. The Morgan fingerprint density at radius 1 is 1.40 bits per heavy atom. The summed E-state index contributed by atoms with van der Waals surface area (Å²) in [6.07, 6.45) is -4.64. The standard InChI is InChI=1S/C2ClF3N4/c3-1-7-8-9-10(1)2(4,5)6. The Bertz CT molecular complexity index is 229. The normalized spacial score (nSPS) is 12.0. The van der Waals surface area contributed by atoms with E-state index >= 15 is 0 Å². The number of rotatable bonds is 0. The summed E-state index contributed by atoms with van der Waals surface area (Å²) in [5.41, 5.74) is 0. The fraction of sp³-hybridized carbons (Fsp3) is 0.500. The van der Waals surface area contributed by atoms with Crippen LogP contribution >= 0.6 is 11.6 Å². The lowest BCUT2D eigenvalue weighted by atomic mass is 11.1. The van der Waals surface area contributed by atoms with E-state index in [0.29, 0.717) is 0 Å². The van der Waals surface area contributed by atoms with Gasteiger partial charge in [0.25, 0.3) is 5.28 Å². The highest BCUT2D eigenvalue weighted by atomic mass is 35.5. The molecule has 0 amide bonds. The summed E-state index contributed by atoms with van der Waals surface area (Å²) in [6, 6.07) is 0. The number of aromatic nitrogens is 4. The third-order valence-electron chi connectivity index (χ3n) is 0.672. The van der Waals surface area contributed by atoms with Crippen LogP contribution in [-0.4, -0.2) is 20.2 Å². The summed E-state index contributed by atoms with van der Waals surface area (Å²) in [6.45, 7) is 0. The molecule has 0 fully saturated rings. The van der Waals surface area contributed by atoms with E-state index in [-0.39, 0.29) is 0 Å². The topological polar surface area (TPSA) is 43.6 Å². The summed E-state index contributed by atoms with van der Waals surface area (Å²) in [5, 5.41) is 7.32. The Balaban J connectivity index is 3.05. The second kappa shape index (κ2) is 2.08. The number of hydrogen-bond acceptors (Lipinski definition) is 3. The molecule has 0 aliphatic heterocycles. The number of hydrogen-bond donors (Lipinski definition) is 0. The van der Waals surface area contributed by atoms with Gasteiger partial charge in [-0.05, 0) is 22.0 Å². The van der Waals surface area contributed by atoms with Crippen molar-refractivity contribution in [2.24, 2.45) is 0 Å². The quantitative estimate of drug-likeness (QED) is 0.582. The van der Waals surface area contributed by atoms with Crippen LogP contribution in [0.1, 0.15) is 0 Å². The van der Waals surface area contributed by atoms with Crippen molar-refractivity contribution in [3.05, 3.63) is 5.28 Å². The third-order valence-corrected chi connectivity index (χ3v) is 0.907. The minimum Gasteiger partial charge on any atom is -0.149 e. The molecule has 0 radical (unpaired) electrons. The van der Waals surface area contributed by atoms with E-state index in [4.69, 9.17) is 11.6 Å². The number of halogens is 4. The molecule has 1 aromatic heterocycles. The Hall–Kier alpha value is -0.850. The van der Waals surface area contributed by atoms with E-state index in [2.05, 4.69) is 15.5 Å². The van der Waals surface area contributed by atoms with Crippen molar-refractivity contribution < 1.29 is 13.2 Å². The molecule has 0 saturated carbocycles. The summed E-state index contributed by atoms with van der Waals surface area (Å²) >= 11 is 4.93. The van der Waals surface area contributed by atoms with E-state index in [0.717, 1.165) is 0 Å². The van der Waals surface area contributed by atoms with Gasteiger partial charge >= 0.3 is 6.30 Å². The van der Waals surface area contributed by atoms with E-state index in [1.165, 1.54) is 0 Å². The zero-order valence-corrected chi connectivity index (χ0v) is 5.06. The van der Waals surface area contributed by atoms with Crippen LogP contribution in [-0.2, 0) is 6.30 Å². The molecule has 0 unspecified atom stereocenters. The Morgan fingerprint density at radius 3 is 2.20 bits per heavy atom. The molecule has 8 heteroatoms. The fourth-order valence-corrected chi connectivity index (χ4v) is 0.495. The average Bonchev–Trinajstić information content (AvgIpc) is 2.11. The Morgan fingerprint density at radius 2 is 2.00 bits per heavy atom. The van der Waals surface area contributed by atoms with Crippen LogP contribution in [0.25, 0.3) is 0 Å². The third kappa shape index (κ3) is 1.18. The van der Waals surface area contributed by atoms with Gasteiger partial charge in [0.15, 0.2) is 0 Å². The minimum atomic E-state index is -4.64. The van der Waals surface area contributed by atoms with Gasteiger partial charge in [-0.1, -0.05) is 5.10 Å². The van der Waals surface area contributed by atoms with Gasteiger partial charge in [-0.25, -0.2) is 0 Å². The van der Waals surface area contributed by atoms with Gasteiger partial charge in [0, 0.05) is 0 Å². The van der Waals surface area contributed by atoms with Crippen LogP contribution < -0.4 is 0 Å². The lowest BCUT2D eigenvalue weighted by Crippen LogP contribution is -2.18. The molecule has 0 aliphatic carbocycles. The lowest BCUT2D eigenvalue weighted by molar-refractivity contribution is -0.213. The van der Waals surface area contributed by atoms with Gasteiger partial charge in [-0.2, -0.15) is 0 Å². The molecule has 1 heterocycles. The highest BCUT2D eigenvalue weighted by molar-refractivity contribution is 6.28. The predicted molar refractivity (Wildman–Crippen MR) is 24.1 cm³/mol. The molecule has 0 atom stereocenters. The molecule has 4 nitrogen and oxygen atoms in total. The van der Waals surface area contributed by atoms with Crippen LogP contribution in [0.2, 0.25) is 5.28 Å². The first-order chi connectivity index (χ1) is 4.52. The molecule has 0 saturated heterocycles. The van der Waals surface area contributed by atoms with E-state index in [1.54, 1.807) is 0 Å². The van der Waals surface area contributed by atoms with Crippen LogP contribution in [0, 0.1) is 0 Å². The van der Waals surface area contributed by atoms with Crippen molar-refractivity contribution in [2.45, 2.75) is 6.30 Å². The molecule has 0 aliphatic rings. The maximum Gasteiger partial charge on any atom is 0.508 e. The number of nitrogens with zero attached hydrogens (tertiary/aromatic N) is 4. The fourth-order valence-electron chi connectivity index (χ4n) is 0.331. The van der Waals surface area contributed by atoms with Crippen LogP contribution in [0.4, 0.5) is 13.2 Å². The number of alkyl halides is 3. The molecule has 0 bridgehead atoms. The molecule has 0 spiro atoms. The molecule has 1 rings (SSSR count). The average molecular weight is 172 g/mol. The summed E-state index contributed by atoms with van der Waals surface area (Å²) in [4.78, 5) is 0. The first-order valence-electron chi connectivity index (χ1n) is 2.03. The van der Waals surface area contributed by atoms with Crippen molar-refractivity contribution in [3.8, 4) is 0 Å². The second-order valence-electron chi connectivity index (χ2n) is 1.33. The molecule has 1 aromatic rings. The first-order valence-corrected chi connectivity index (χ1v) is 2.40. The molecule has 0 N–H and O–H groups in total. The number of tetrazole rings is 1. The van der Waals surface area contributed by atoms with Crippen LogP contribution in [0.3, 0.4) is 0 Å². The smallest absolute Gasteiger partial charge is 0.149 e. The van der Waals surface area contributed by atoms with Crippen molar-refractivity contribution in [3.63, 3.8) is 0 Å². The maximum absolute atomic E-state index is 11.6. The maximum atomic E-state index is 11.6. The van der Waals surface area contributed by atoms with Crippen molar-refractivity contribution >= 4 is 11.6 Å². The van der Waals surface area contributed by atoms with Gasteiger partial charge in [-0.3, -0.25) is 0 Å². The van der Waals surface area contributed by atoms with Gasteiger partial charge in [0.2, 0.25) is 0 Å². The lowest BCUT2D eigenvalue weighted by Gasteiger charge is -2.02. The van der Waals surface area contributed by atoms with E-state index in [9.17, 15) is 13.2 Å². The van der Waals surface area contributed by atoms with Gasteiger partial charge in [-0.15, -0.1) is 17.9 Å². The van der Waals surface area contributed by atoms with Crippen molar-refractivity contribution in [1.29, 1.82) is 0 Å².